The predicted molar refractivity (Wildman–Crippen MR) is 82.6 cm³/mol. The third-order valence-electron chi connectivity index (χ3n) is 2.82. The number of hydrogen-bond acceptors (Lipinski definition) is 5. The quantitative estimate of drug-likeness (QED) is 0.531. The molecule has 0 aliphatic heterocycles. The molecule has 6 nitrogen and oxygen atoms in total. The highest BCUT2D eigenvalue weighted by atomic mass is 35.5. The molecular formula is C13H12ClN3O3S. The Balaban J connectivity index is 2.26. The number of anilines is 1. The third kappa shape index (κ3) is 3.50. The van der Waals surface area contributed by atoms with Gasteiger partial charge in [-0.15, -0.1) is 11.3 Å². The van der Waals surface area contributed by atoms with Crippen LogP contribution in [0.15, 0.2) is 30.3 Å². The van der Waals surface area contributed by atoms with Crippen molar-refractivity contribution in [3.63, 3.8) is 0 Å². The molecule has 2 rings (SSSR count). The zero-order valence-corrected chi connectivity index (χ0v) is 12.6. The minimum atomic E-state index is -0.595. The molecule has 21 heavy (non-hydrogen) atoms. The van der Waals surface area contributed by atoms with Gasteiger partial charge in [0.25, 0.3) is 11.6 Å². The first kappa shape index (κ1) is 15.3. The van der Waals surface area contributed by atoms with E-state index in [0.29, 0.717) is 16.6 Å². The summed E-state index contributed by atoms with van der Waals surface area (Å²) in [5.41, 5.74) is 5.63. The molecule has 0 spiro atoms. The molecule has 0 bridgehead atoms. The van der Waals surface area contributed by atoms with Gasteiger partial charge in [-0.25, -0.2) is 0 Å². The van der Waals surface area contributed by atoms with Gasteiger partial charge in [-0.3, -0.25) is 14.9 Å². The number of halogens is 1. The number of rotatable bonds is 4. The van der Waals surface area contributed by atoms with E-state index in [-0.39, 0.29) is 11.3 Å². The smallest absolute Gasteiger partial charge is 0.282 e. The van der Waals surface area contributed by atoms with Crippen LogP contribution in [-0.4, -0.2) is 22.8 Å². The van der Waals surface area contributed by atoms with Gasteiger partial charge in [-0.1, -0.05) is 11.6 Å². The van der Waals surface area contributed by atoms with E-state index in [1.54, 1.807) is 13.1 Å². The minimum absolute atomic E-state index is 0.0230. The zero-order chi connectivity index (χ0) is 15.6. The molecule has 1 amide bonds. The van der Waals surface area contributed by atoms with Crippen molar-refractivity contribution in [1.29, 1.82) is 0 Å². The van der Waals surface area contributed by atoms with Gasteiger partial charge in [0.2, 0.25) is 0 Å². The summed E-state index contributed by atoms with van der Waals surface area (Å²) >= 11 is 7.19. The van der Waals surface area contributed by atoms with E-state index in [1.165, 1.54) is 34.4 Å². The van der Waals surface area contributed by atoms with Crippen molar-refractivity contribution in [3.8, 4) is 0 Å². The van der Waals surface area contributed by atoms with Gasteiger partial charge in [0.1, 0.15) is 5.56 Å². The van der Waals surface area contributed by atoms with E-state index in [0.717, 1.165) is 4.88 Å². The van der Waals surface area contributed by atoms with Crippen LogP contribution in [0.4, 0.5) is 11.4 Å². The van der Waals surface area contributed by atoms with Crippen molar-refractivity contribution < 1.29 is 9.72 Å². The maximum Gasteiger partial charge on any atom is 0.282 e. The van der Waals surface area contributed by atoms with Crippen LogP contribution < -0.4 is 5.73 Å². The first-order valence-corrected chi connectivity index (χ1v) is 7.11. The normalized spacial score (nSPS) is 10.4. The first-order chi connectivity index (χ1) is 9.88. The summed E-state index contributed by atoms with van der Waals surface area (Å²) in [5, 5.41) is 11.0. The molecule has 0 aliphatic carbocycles. The molecule has 0 atom stereocenters. The van der Waals surface area contributed by atoms with Crippen LogP contribution in [0.3, 0.4) is 0 Å². The number of amides is 1. The van der Waals surface area contributed by atoms with Crippen LogP contribution in [0.2, 0.25) is 4.34 Å². The Kier molecular flexibility index (Phi) is 4.44. The van der Waals surface area contributed by atoms with Gasteiger partial charge < -0.3 is 10.6 Å². The Labute approximate surface area is 129 Å². The van der Waals surface area contributed by atoms with Gasteiger partial charge in [0.15, 0.2) is 0 Å². The fourth-order valence-electron chi connectivity index (χ4n) is 1.83. The first-order valence-electron chi connectivity index (χ1n) is 5.92. The van der Waals surface area contributed by atoms with E-state index >= 15 is 0 Å². The monoisotopic (exact) mass is 325 g/mol. The van der Waals surface area contributed by atoms with Crippen molar-refractivity contribution in [2.75, 3.05) is 12.8 Å². The summed E-state index contributed by atoms with van der Waals surface area (Å²) in [6.45, 7) is 0.322. The molecule has 0 saturated carbocycles. The molecule has 0 saturated heterocycles. The molecule has 0 fully saturated rings. The molecule has 110 valence electrons. The number of nitro groups is 1. The molecule has 0 unspecified atom stereocenters. The molecular weight excluding hydrogens is 314 g/mol. The number of nitrogens with two attached hydrogens (primary N) is 1. The molecule has 2 aromatic rings. The number of nitrogen functional groups attached to an aromatic ring is 1. The fraction of sp³-hybridized carbons (Fsp3) is 0.154. The van der Waals surface area contributed by atoms with Gasteiger partial charge in [0, 0.05) is 23.7 Å². The molecule has 1 heterocycles. The van der Waals surface area contributed by atoms with Crippen LogP contribution in [-0.2, 0) is 6.54 Å². The number of hydrogen-bond donors (Lipinski definition) is 1. The Bertz CT molecular complexity index is 702. The van der Waals surface area contributed by atoms with Crippen LogP contribution in [0.25, 0.3) is 0 Å². The van der Waals surface area contributed by atoms with E-state index < -0.39 is 10.8 Å². The summed E-state index contributed by atoms with van der Waals surface area (Å²) in [7, 11) is 1.57. The maximum atomic E-state index is 12.4. The lowest BCUT2D eigenvalue weighted by Gasteiger charge is -2.16. The van der Waals surface area contributed by atoms with Gasteiger partial charge >= 0.3 is 0 Å². The largest absolute Gasteiger partial charge is 0.399 e. The lowest BCUT2D eigenvalue weighted by Crippen LogP contribution is -2.26. The van der Waals surface area contributed by atoms with Gasteiger partial charge in [-0.2, -0.15) is 0 Å². The second-order valence-electron chi connectivity index (χ2n) is 4.40. The fourth-order valence-corrected chi connectivity index (χ4v) is 2.97. The van der Waals surface area contributed by atoms with Crippen molar-refractivity contribution in [3.05, 3.63) is 55.2 Å². The maximum absolute atomic E-state index is 12.4. The number of nitro benzene ring substituents is 1. The average Bonchev–Trinajstić information content (AvgIpc) is 2.82. The zero-order valence-electron chi connectivity index (χ0n) is 11.1. The van der Waals surface area contributed by atoms with E-state index in [9.17, 15) is 14.9 Å². The number of nitrogens with zero attached hydrogens (tertiary/aromatic N) is 2. The summed E-state index contributed by atoms with van der Waals surface area (Å²) in [5.74, 6) is -0.460. The van der Waals surface area contributed by atoms with Crippen LogP contribution in [0.5, 0.6) is 0 Å². The highest BCUT2D eigenvalue weighted by molar-refractivity contribution is 7.16. The molecule has 8 heteroatoms. The number of carbonyl (C=O) groups excluding carboxylic acids is 1. The summed E-state index contributed by atoms with van der Waals surface area (Å²) in [4.78, 5) is 25.1. The lowest BCUT2D eigenvalue weighted by molar-refractivity contribution is -0.385. The average molecular weight is 326 g/mol. The summed E-state index contributed by atoms with van der Waals surface area (Å²) in [6, 6.07) is 7.50. The third-order valence-corrected chi connectivity index (χ3v) is 4.03. The second-order valence-corrected chi connectivity index (χ2v) is 6.20. The number of benzene rings is 1. The van der Waals surface area contributed by atoms with Crippen LogP contribution in [0, 0.1) is 10.1 Å². The number of thiophene rings is 1. The molecule has 0 aliphatic rings. The summed E-state index contributed by atoms with van der Waals surface area (Å²) < 4.78 is 0.626. The molecule has 1 aromatic carbocycles. The Morgan fingerprint density at radius 1 is 1.43 bits per heavy atom. The van der Waals surface area contributed by atoms with Crippen molar-refractivity contribution in [1.82, 2.24) is 4.90 Å². The van der Waals surface area contributed by atoms with Crippen molar-refractivity contribution >= 4 is 40.2 Å². The van der Waals surface area contributed by atoms with E-state index in [2.05, 4.69) is 0 Å². The summed E-state index contributed by atoms with van der Waals surface area (Å²) in [6.07, 6.45) is 0. The van der Waals surface area contributed by atoms with Crippen LogP contribution in [0.1, 0.15) is 15.2 Å². The Hall–Kier alpha value is -2.12. The molecule has 2 N–H and O–H groups in total. The van der Waals surface area contributed by atoms with E-state index in [4.69, 9.17) is 17.3 Å². The van der Waals surface area contributed by atoms with Crippen molar-refractivity contribution in [2.45, 2.75) is 6.54 Å². The Morgan fingerprint density at radius 2 is 2.14 bits per heavy atom. The minimum Gasteiger partial charge on any atom is -0.399 e. The highest BCUT2D eigenvalue weighted by Gasteiger charge is 2.23. The van der Waals surface area contributed by atoms with Crippen molar-refractivity contribution in [2.24, 2.45) is 0 Å². The number of carbonyl (C=O) groups is 1. The topological polar surface area (TPSA) is 89.5 Å². The van der Waals surface area contributed by atoms with Gasteiger partial charge in [0.05, 0.1) is 15.8 Å². The predicted octanol–water partition coefficient (Wildman–Crippen LogP) is 3.16. The van der Waals surface area contributed by atoms with Gasteiger partial charge in [-0.05, 0) is 24.3 Å². The highest BCUT2D eigenvalue weighted by Crippen LogP contribution is 2.25. The SMILES string of the molecule is CN(Cc1ccc(Cl)s1)C(=O)c1cc(N)ccc1[N+](=O)[O-]. The Morgan fingerprint density at radius 3 is 2.71 bits per heavy atom. The second kappa shape index (κ2) is 6.11. The lowest BCUT2D eigenvalue weighted by atomic mass is 10.1. The molecule has 1 aromatic heterocycles. The van der Waals surface area contributed by atoms with E-state index in [1.807, 2.05) is 6.07 Å². The van der Waals surface area contributed by atoms with Crippen LogP contribution >= 0.6 is 22.9 Å². The molecule has 0 radical (unpaired) electrons. The standard InChI is InChI=1S/C13H12ClN3O3S/c1-16(7-9-3-5-12(14)21-9)13(18)10-6-8(15)2-4-11(10)17(19)20/h2-6H,7,15H2,1H3.